The Hall–Kier alpha value is -1.56. The van der Waals surface area contributed by atoms with Gasteiger partial charge in [-0.1, -0.05) is 13.2 Å². The Balaban J connectivity index is 4.35. The molecule has 136 valence electrons. The summed E-state index contributed by atoms with van der Waals surface area (Å²) in [6.07, 6.45) is 0. The minimum atomic E-state index is -2.47. The van der Waals surface area contributed by atoms with Crippen molar-refractivity contribution in [2.45, 2.75) is 52.7 Å². The first-order valence-corrected chi connectivity index (χ1v) is 8.36. The molecule has 0 rings (SSSR count). The van der Waals surface area contributed by atoms with Crippen LogP contribution in [-0.2, 0) is 32.7 Å². The molecule has 0 atom stereocenters. The predicted octanol–water partition coefficient (Wildman–Crippen LogP) is 3.47. The lowest BCUT2D eigenvalue weighted by Crippen LogP contribution is -2.34. The van der Waals surface area contributed by atoms with E-state index in [1.165, 1.54) is 13.8 Å². The summed E-state index contributed by atoms with van der Waals surface area (Å²) in [5, 5.41) is 0. The molecule has 0 aliphatic heterocycles. The maximum absolute atomic E-state index is 11.8. The van der Waals surface area contributed by atoms with Crippen molar-refractivity contribution in [3.05, 3.63) is 24.3 Å². The maximum atomic E-state index is 11.8. The van der Waals surface area contributed by atoms with Gasteiger partial charge in [0.2, 0.25) is 0 Å². The van der Waals surface area contributed by atoms with Crippen molar-refractivity contribution in [3.63, 3.8) is 0 Å². The fourth-order valence-electron chi connectivity index (χ4n) is 1.19. The SMILES string of the molecule is C=C(C)C(=O)OC(C)(C)CO[P+](=O)OCC(C)(C)OC(=O)C(=C)C. The Labute approximate surface area is 143 Å². The fourth-order valence-corrected chi connectivity index (χ4v) is 2.10. The van der Waals surface area contributed by atoms with Gasteiger partial charge in [0, 0.05) is 15.7 Å². The molecule has 8 heteroatoms. The molecule has 0 aromatic carbocycles. The molecule has 0 radical (unpaired) electrons. The summed E-state index contributed by atoms with van der Waals surface area (Å²) >= 11 is 0. The second-order valence-corrected chi connectivity index (χ2v) is 7.59. The molecular weight excluding hydrogens is 335 g/mol. The molecule has 0 aromatic rings. The van der Waals surface area contributed by atoms with Crippen LogP contribution in [0.15, 0.2) is 24.3 Å². The molecule has 0 spiro atoms. The molecule has 0 fully saturated rings. The predicted molar refractivity (Wildman–Crippen MR) is 89.5 cm³/mol. The summed E-state index contributed by atoms with van der Waals surface area (Å²) in [6.45, 7) is 16.2. The van der Waals surface area contributed by atoms with Gasteiger partial charge in [-0.3, -0.25) is 0 Å². The Bertz CT molecular complexity index is 489. The maximum Gasteiger partial charge on any atom is 0.697 e. The number of esters is 2. The molecule has 0 bridgehead atoms. The summed E-state index contributed by atoms with van der Waals surface area (Å²) in [7, 11) is -2.47. The monoisotopic (exact) mass is 361 g/mol. The van der Waals surface area contributed by atoms with Gasteiger partial charge < -0.3 is 9.47 Å². The van der Waals surface area contributed by atoms with E-state index in [2.05, 4.69) is 13.2 Å². The summed E-state index contributed by atoms with van der Waals surface area (Å²) in [5.74, 6) is -1.12. The second-order valence-electron chi connectivity index (χ2n) is 6.63. The highest BCUT2D eigenvalue weighted by Gasteiger charge is 2.34. The van der Waals surface area contributed by atoms with Crippen LogP contribution in [0.25, 0.3) is 0 Å². The first kappa shape index (κ1) is 22.4. The van der Waals surface area contributed by atoms with Crippen LogP contribution in [0.3, 0.4) is 0 Å². The molecule has 24 heavy (non-hydrogen) atoms. The highest BCUT2D eigenvalue weighted by atomic mass is 31.1. The number of carbonyl (C=O) groups excluding carboxylic acids is 2. The third kappa shape index (κ3) is 9.55. The third-order valence-corrected chi connectivity index (χ3v) is 3.15. The molecule has 0 unspecified atom stereocenters. The summed E-state index contributed by atoms with van der Waals surface area (Å²) in [4.78, 5) is 23.0. The van der Waals surface area contributed by atoms with Gasteiger partial charge in [0.15, 0.2) is 0 Å². The first-order chi connectivity index (χ1) is 10.8. The van der Waals surface area contributed by atoms with E-state index in [1.807, 2.05) is 0 Å². The zero-order valence-corrected chi connectivity index (χ0v) is 16.0. The second kappa shape index (κ2) is 9.06. The van der Waals surface area contributed by atoms with E-state index in [0.29, 0.717) is 0 Å². The van der Waals surface area contributed by atoms with E-state index in [0.717, 1.165) is 0 Å². The van der Waals surface area contributed by atoms with Gasteiger partial charge in [-0.2, -0.15) is 0 Å². The minimum absolute atomic E-state index is 0.132. The van der Waals surface area contributed by atoms with Gasteiger partial charge in [0.05, 0.1) is 0 Å². The highest BCUT2D eigenvalue weighted by Crippen LogP contribution is 2.29. The zero-order chi connectivity index (χ0) is 19.1. The van der Waals surface area contributed by atoms with Crippen LogP contribution in [-0.4, -0.2) is 36.4 Å². The summed E-state index contributed by atoms with van der Waals surface area (Å²) < 4.78 is 32.2. The Morgan fingerprint density at radius 1 is 0.833 bits per heavy atom. The minimum Gasteiger partial charge on any atom is -0.454 e. The van der Waals surface area contributed by atoms with Crippen molar-refractivity contribution in [3.8, 4) is 0 Å². The Morgan fingerprint density at radius 3 is 1.38 bits per heavy atom. The molecule has 0 N–H and O–H groups in total. The van der Waals surface area contributed by atoms with E-state index >= 15 is 0 Å². The van der Waals surface area contributed by atoms with Gasteiger partial charge in [-0.15, -0.1) is 9.05 Å². The molecule has 0 saturated carbocycles. The van der Waals surface area contributed by atoms with Crippen LogP contribution >= 0.6 is 8.25 Å². The normalized spacial score (nSPS) is 11.6. The molecule has 0 aromatic heterocycles. The zero-order valence-electron chi connectivity index (χ0n) is 15.1. The standard InChI is InChI=1S/C16H26O7P/c1-11(2)13(17)22-15(5,6)9-20-24(19)21-10-16(7,8)23-14(18)12(3)4/h1,3,9-10H2,2,4-8H3/q+1. The van der Waals surface area contributed by atoms with Crippen LogP contribution < -0.4 is 0 Å². The average molecular weight is 361 g/mol. The highest BCUT2D eigenvalue weighted by molar-refractivity contribution is 7.33. The molecule has 0 saturated heterocycles. The van der Waals surface area contributed by atoms with Crippen LogP contribution in [0.2, 0.25) is 0 Å². The van der Waals surface area contributed by atoms with Crippen molar-refractivity contribution in [1.82, 2.24) is 0 Å². The smallest absolute Gasteiger partial charge is 0.454 e. The van der Waals surface area contributed by atoms with Crippen LogP contribution in [0.1, 0.15) is 41.5 Å². The Morgan fingerprint density at radius 2 is 1.12 bits per heavy atom. The molecule has 0 amide bonds. The molecule has 0 aliphatic carbocycles. The van der Waals surface area contributed by atoms with Gasteiger partial charge in [0.1, 0.15) is 24.4 Å². The van der Waals surface area contributed by atoms with Crippen LogP contribution in [0.4, 0.5) is 0 Å². The van der Waals surface area contributed by atoms with Gasteiger partial charge in [-0.25, -0.2) is 9.59 Å². The van der Waals surface area contributed by atoms with E-state index in [-0.39, 0.29) is 24.4 Å². The van der Waals surface area contributed by atoms with Crippen molar-refractivity contribution in [2.75, 3.05) is 13.2 Å². The van der Waals surface area contributed by atoms with E-state index < -0.39 is 31.4 Å². The van der Waals surface area contributed by atoms with Crippen molar-refractivity contribution >= 4 is 20.2 Å². The lowest BCUT2D eigenvalue weighted by molar-refractivity contribution is -0.154. The summed E-state index contributed by atoms with van der Waals surface area (Å²) in [5.41, 5.74) is -1.48. The van der Waals surface area contributed by atoms with E-state index in [1.54, 1.807) is 27.7 Å². The first-order valence-electron chi connectivity index (χ1n) is 7.26. The van der Waals surface area contributed by atoms with Crippen molar-refractivity contribution in [1.29, 1.82) is 0 Å². The number of hydrogen-bond donors (Lipinski definition) is 0. The summed E-state index contributed by atoms with van der Waals surface area (Å²) in [6, 6.07) is 0. The third-order valence-electron chi connectivity index (χ3n) is 2.47. The number of carbonyl (C=O) groups is 2. The molecule has 0 heterocycles. The molecule has 7 nitrogen and oxygen atoms in total. The Kier molecular flexibility index (Phi) is 8.47. The van der Waals surface area contributed by atoms with E-state index in [9.17, 15) is 14.2 Å². The number of hydrogen-bond acceptors (Lipinski definition) is 7. The number of rotatable bonds is 10. The lowest BCUT2D eigenvalue weighted by Gasteiger charge is -2.23. The lowest BCUT2D eigenvalue weighted by atomic mass is 10.1. The largest absolute Gasteiger partial charge is 0.697 e. The van der Waals surface area contributed by atoms with Crippen molar-refractivity contribution in [2.24, 2.45) is 0 Å². The van der Waals surface area contributed by atoms with Crippen LogP contribution in [0, 0.1) is 0 Å². The van der Waals surface area contributed by atoms with Crippen LogP contribution in [0.5, 0.6) is 0 Å². The van der Waals surface area contributed by atoms with Gasteiger partial charge in [-0.05, 0) is 41.5 Å². The van der Waals surface area contributed by atoms with Gasteiger partial charge in [0.25, 0.3) is 0 Å². The fraction of sp³-hybridized carbons (Fsp3) is 0.625. The number of ether oxygens (including phenoxy) is 2. The topological polar surface area (TPSA) is 88.1 Å². The molecular formula is C16H26O7P+. The average Bonchev–Trinajstić information content (AvgIpc) is 2.42. The van der Waals surface area contributed by atoms with Gasteiger partial charge >= 0.3 is 20.2 Å². The molecule has 0 aliphatic rings. The van der Waals surface area contributed by atoms with Crippen molar-refractivity contribution < 1.29 is 32.7 Å². The van der Waals surface area contributed by atoms with E-state index in [4.69, 9.17) is 18.5 Å². The quantitative estimate of drug-likeness (QED) is 0.334.